The molecule has 0 radical (unpaired) electrons. The molecule has 45 heavy (non-hydrogen) atoms. The summed E-state index contributed by atoms with van der Waals surface area (Å²) in [6.07, 6.45) is 4.06. The fourth-order valence-electron chi connectivity index (χ4n) is 4.61. The van der Waals surface area contributed by atoms with Gasteiger partial charge in [0.1, 0.15) is 23.1 Å². The van der Waals surface area contributed by atoms with Crippen molar-refractivity contribution in [2.24, 2.45) is 0 Å². The lowest BCUT2D eigenvalue weighted by Crippen LogP contribution is -2.34. The monoisotopic (exact) mass is 642 g/mol. The first-order valence-corrected chi connectivity index (χ1v) is 15.8. The number of hydrogen-bond donors (Lipinski definition) is 0. The van der Waals surface area contributed by atoms with Gasteiger partial charge in [0.2, 0.25) is 0 Å². The maximum absolute atomic E-state index is 14.7. The molecule has 6 nitrogen and oxygen atoms in total. The zero-order chi connectivity index (χ0) is 33.2. The molecule has 250 valence electrons. The van der Waals surface area contributed by atoms with E-state index in [-0.39, 0.29) is 18.6 Å². The van der Waals surface area contributed by atoms with Crippen molar-refractivity contribution in [3.8, 4) is 11.5 Å². The molecule has 2 aromatic carbocycles. The van der Waals surface area contributed by atoms with Crippen LogP contribution < -0.4 is 9.47 Å². The van der Waals surface area contributed by atoms with E-state index in [1.807, 2.05) is 6.92 Å². The maximum Gasteiger partial charge on any atom is 0.425 e. The Hall–Kier alpha value is -3.50. The molecule has 0 aliphatic heterocycles. The fourth-order valence-corrected chi connectivity index (χ4v) is 4.61. The molecule has 0 aliphatic carbocycles. The highest BCUT2D eigenvalue weighted by atomic mass is 19.4. The summed E-state index contributed by atoms with van der Waals surface area (Å²) in [5, 5.41) is 0. The minimum Gasteiger partial charge on any atom is -0.449 e. The first-order chi connectivity index (χ1) is 21.5. The third kappa shape index (κ3) is 14.0. The fraction of sp³-hybridized carbons (Fsp3) is 0.559. The van der Waals surface area contributed by atoms with Gasteiger partial charge in [-0.3, -0.25) is 4.79 Å². The molecule has 0 aromatic heterocycles. The normalized spacial score (nSPS) is 12.1. The quantitative estimate of drug-likeness (QED) is 0.0619. The lowest BCUT2D eigenvalue weighted by Gasteiger charge is -2.21. The van der Waals surface area contributed by atoms with Gasteiger partial charge in [-0.2, -0.15) is 13.2 Å². The number of unbranched alkanes of at least 4 members (excludes halogenated alkanes) is 11. The number of rotatable bonds is 20. The van der Waals surface area contributed by atoms with Crippen molar-refractivity contribution in [2.45, 2.75) is 122 Å². The van der Waals surface area contributed by atoms with E-state index < -0.39 is 65.1 Å². The SMILES string of the molecule is CCCCCCCCCC(=O)Oc1ccc(C(=O)Oc2ccc(C(=O)OC(CCCCCCCC)C(F)(F)F)c(F)c2)c(F)c1. The largest absolute Gasteiger partial charge is 0.449 e. The molecular formula is C34H43F5O6. The Morgan fingerprint density at radius 2 is 1.11 bits per heavy atom. The second kappa shape index (κ2) is 19.8. The first kappa shape index (κ1) is 37.7. The Bertz CT molecular complexity index is 1230. The van der Waals surface area contributed by atoms with Gasteiger partial charge in [-0.15, -0.1) is 0 Å². The number of halogens is 5. The van der Waals surface area contributed by atoms with E-state index in [2.05, 4.69) is 11.7 Å². The molecule has 1 unspecified atom stereocenters. The van der Waals surface area contributed by atoms with Crippen molar-refractivity contribution in [1.82, 2.24) is 0 Å². The van der Waals surface area contributed by atoms with Crippen LogP contribution in [-0.4, -0.2) is 30.2 Å². The van der Waals surface area contributed by atoms with E-state index in [9.17, 15) is 36.3 Å². The zero-order valence-electron chi connectivity index (χ0n) is 26.0. The third-order valence-electron chi connectivity index (χ3n) is 7.18. The van der Waals surface area contributed by atoms with Crippen molar-refractivity contribution < 1.29 is 50.5 Å². The molecule has 11 heteroatoms. The highest BCUT2D eigenvalue weighted by Crippen LogP contribution is 2.29. The predicted molar refractivity (Wildman–Crippen MR) is 159 cm³/mol. The Morgan fingerprint density at radius 1 is 0.644 bits per heavy atom. The molecule has 1 atom stereocenters. The molecule has 0 bridgehead atoms. The van der Waals surface area contributed by atoms with E-state index in [1.165, 1.54) is 12.5 Å². The molecule has 0 aliphatic rings. The minimum atomic E-state index is -4.82. The number of carbonyl (C=O) groups excluding carboxylic acids is 3. The summed E-state index contributed by atoms with van der Waals surface area (Å²) in [4.78, 5) is 36.9. The predicted octanol–water partition coefficient (Wildman–Crippen LogP) is 10.1. The zero-order valence-corrected chi connectivity index (χ0v) is 26.0. The number of ether oxygens (including phenoxy) is 3. The van der Waals surface area contributed by atoms with Gasteiger partial charge in [-0.1, -0.05) is 84.5 Å². The Balaban J connectivity index is 1.92. The second-order valence-corrected chi connectivity index (χ2v) is 11.0. The number of alkyl halides is 3. The van der Waals surface area contributed by atoms with Crippen molar-refractivity contribution in [2.75, 3.05) is 0 Å². The molecule has 0 spiro atoms. The van der Waals surface area contributed by atoms with Crippen LogP contribution >= 0.6 is 0 Å². The standard InChI is InChI=1S/C34H43F5O6/c1-3-5-7-9-11-13-15-17-31(40)43-24-18-20-26(28(35)22-24)32(41)44-25-19-21-27(29(36)23-25)33(42)45-30(34(37,38)39)16-14-12-10-8-6-4-2/h18-23,30H,3-17H2,1-2H3. The van der Waals surface area contributed by atoms with E-state index in [0.717, 1.165) is 82.1 Å². The summed E-state index contributed by atoms with van der Waals surface area (Å²) in [6.45, 7) is 4.16. The van der Waals surface area contributed by atoms with Crippen molar-refractivity contribution in [1.29, 1.82) is 0 Å². The van der Waals surface area contributed by atoms with E-state index >= 15 is 0 Å². The molecule has 0 saturated heterocycles. The van der Waals surface area contributed by atoms with Gasteiger partial charge in [0.05, 0.1) is 11.1 Å². The molecular weight excluding hydrogens is 599 g/mol. The summed E-state index contributed by atoms with van der Waals surface area (Å²) in [5.74, 6) is -6.10. The van der Waals surface area contributed by atoms with Crippen LogP contribution in [0.3, 0.4) is 0 Å². The van der Waals surface area contributed by atoms with Crippen LogP contribution in [0.4, 0.5) is 22.0 Å². The maximum atomic E-state index is 14.7. The Labute approximate surface area is 261 Å². The van der Waals surface area contributed by atoms with Gasteiger partial charge >= 0.3 is 24.1 Å². The van der Waals surface area contributed by atoms with Crippen LogP contribution in [0, 0.1) is 11.6 Å². The van der Waals surface area contributed by atoms with Crippen LogP contribution in [0.15, 0.2) is 36.4 Å². The molecule has 0 fully saturated rings. The molecule has 0 saturated carbocycles. The number of carbonyl (C=O) groups is 3. The van der Waals surface area contributed by atoms with Crippen molar-refractivity contribution in [3.63, 3.8) is 0 Å². The van der Waals surface area contributed by atoms with Gasteiger partial charge in [-0.05, 0) is 43.5 Å². The lowest BCUT2D eigenvalue weighted by atomic mass is 10.1. The van der Waals surface area contributed by atoms with Gasteiger partial charge in [0, 0.05) is 18.6 Å². The third-order valence-corrected chi connectivity index (χ3v) is 7.18. The molecule has 2 rings (SSSR count). The van der Waals surface area contributed by atoms with Crippen molar-refractivity contribution in [3.05, 3.63) is 59.2 Å². The number of hydrogen-bond acceptors (Lipinski definition) is 6. The minimum absolute atomic E-state index is 0.0976. The average Bonchev–Trinajstić information content (AvgIpc) is 2.97. The van der Waals surface area contributed by atoms with E-state index in [4.69, 9.17) is 9.47 Å². The highest BCUT2D eigenvalue weighted by Gasteiger charge is 2.42. The summed E-state index contributed by atoms with van der Waals surface area (Å²) in [7, 11) is 0. The van der Waals surface area contributed by atoms with Crippen LogP contribution in [0.2, 0.25) is 0 Å². The van der Waals surface area contributed by atoms with Crippen molar-refractivity contribution >= 4 is 17.9 Å². The van der Waals surface area contributed by atoms with E-state index in [1.54, 1.807) is 0 Å². The Kier molecular flexibility index (Phi) is 16.6. The van der Waals surface area contributed by atoms with Crippen LogP contribution in [0.5, 0.6) is 11.5 Å². The molecule has 0 N–H and O–H groups in total. The van der Waals surface area contributed by atoms with Crippen LogP contribution in [-0.2, 0) is 9.53 Å². The molecule has 0 amide bonds. The second-order valence-electron chi connectivity index (χ2n) is 11.0. The van der Waals surface area contributed by atoms with Gasteiger partial charge in [0.15, 0.2) is 6.10 Å². The van der Waals surface area contributed by atoms with E-state index in [0.29, 0.717) is 18.9 Å². The summed E-state index contributed by atoms with van der Waals surface area (Å²) < 4.78 is 84.3. The molecule has 2 aromatic rings. The summed E-state index contributed by atoms with van der Waals surface area (Å²) in [5.41, 5.74) is -1.31. The molecule has 0 heterocycles. The summed E-state index contributed by atoms with van der Waals surface area (Å²) in [6, 6.07) is 5.51. The highest BCUT2D eigenvalue weighted by molar-refractivity contribution is 5.92. The van der Waals surface area contributed by atoms with Gasteiger partial charge < -0.3 is 14.2 Å². The average molecular weight is 643 g/mol. The van der Waals surface area contributed by atoms with Crippen LogP contribution in [0.25, 0.3) is 0 Å². The van der Waals surface area contributed by atoms with Gasteiger partial charge in [-0.25, -0.2) is 18.4 Å². The first-order valence-electron chi connectivity index (χ1n) is 15.8. The number of benzene rings is 2. The number of esters is 3. The summed E-state index contributed by atoms with van der Waals surface area (Å²) >= 11 is 0. The smallest absolute Gasteiger partial charge is 0.425 e. The van der Waals surface area contributed by atoms with Crippen LogP contribution in [0.1, 0.15) is 131 Å². The van der Waals surface area contributed by atoms with Gasteiger partial charge in [0.25, 0.3) is 0 Å². The lowest BCUT2D eigenvalue weighted by molar-refractivity contribution is -0.206. The topological polar surface area (TPSA) is 78.9 Å². The Morgan fingerprint density at radius 3 is 1.62 bits per heavy atom.